The zero-order chi connectivity index (χ0) is 14.0. The van der Waals surface area contributed by atoms with E-state index in [1.165, 1.54) is 18.5 Å². The van der Waals surface area contributed by atoms with E-state index in [2.05, 4.69) is 36.2 Å². The molecule has 19 heavy (non-hydrogen) atoms. The van der Waals surface area contributed by atoms with Crippen LogP contribution in [0.2, 0.25) is 0 Å². The van der Waals surface area contributed by atoms with E-state index in [-0.39, 0.29) is 0 Å². The molecule has 0 saturated carbocycles. The Kier molecular flexibility index (Phi) is 3.95. The maximum absolute atomic E-state index is 11.1. The molecule has 1 unspecified atom stereocenters. The van der Waals surface area contributed by atoms with Gasteiger partial charge in [-0.3, -0.25) is 4.79 Å². The monoisotopic (exact) mass is 261 g/mol. The fourth-order valence-corrected chi connectivity index (χ4v) is 2.70. The lowest BCUT2D eigenvalue weighted by Crippen LogP contribution is -2.26. The van der Waals surface area contributed by atoms with E-state index in [0.717, 1.165) is 12.1 Å². The molecule has 1 fully saturated rings. The molecule has 1 atom stereocenters. The van der Waals surface area contributed by atoms with Crippen molar-refractivity contribution in [2.75, 3.05) is 20.1 Å². The Morgan fingerprint density at radius 3 is 2.47 bits per heavy atom. The van der Waals surface area contributed by atoms with Gasteiger partial charge in [0.15, 0.2) is 0 Å². The second-order valence-corrected chi connectivity index (χ2v) is 6.36. The first-order valence-electron chi connectivity index (χ1n) is 6.89. The first-order valence-corrected chi connectivity index (χ1v) is 6.89. The lowest BCUT2D eigenvalue weighted by atomic mass is 9.85. The van der Waals surface area contributed by atoms with Gasteiger partial charge in [-0.2, -0.15) is 0 Å². The molecular weight excluding hydrogens is 238 g/mol. The van der Waals surface area contributed by atoms with Gasteiger partial charge in [-0.15, -0.1) is 0 Å². The summed E-state index contributed by atoms with van der Waals surface area (Å²) in [4.78, 5) is 13.5. The highest BCUT2D eigenvalue weighted by Crippen LogP contribution is 2.28. The average Bonchev–Trinajstić information content (AvgIpc) is 2.76. The van der Waals surface area contributed by atoms with Crippen LogP contribution in [-0.2, 0) is 11.2 Å². The van der Waals surface area contributed by atoms with Crippen molar-refractivity contribution in [3.8, 4) is 0 Å². The maximum Gasteiger partial charge on any atom is 0.309 e. The van der Waals surface area contributed by atoms with Gasteiger partial charge in [0.25, 0.3) is 0 Å². The fourth-order valence-electron chi connectivity index (χ4n) is 2.70. The van der Waals surface area contributed by atoms with Gasteiger partial charge in [-0.25, -0.2) is 0 Å². The fraction of sp³-hybridized carbons (Fsp3) is 0.562. The molecule has 104 valence electrons. The smallest absolute Gasteiger partial charge is 0.309 e. The number of carbonyl (C=O) groups is 1. The number of likely N-dealkylation sites (N-methyl/N-ethyl adjacent to an activating group) is 1. The summed E-state index contributed by atoms with van der Waals surface area (Å²) in [6.45, 7) is 5.84. The summed E-state index contributed by atoms with van der Waals surface area (Å²) in [6.07, 6.45) is 1.80. The summed E-state index contributed by atoms with van der Waals surface area (Å²) in [5.74, 6) is -0.111. The van der Waals surface area contributed by atoms with Crippen LogP contribution < -0.4 is 0 Å². The Morgan fingerprint density at radius 2 is 2.00 bits per heavy atom. The number of hydrogen-bond acceptors (Lipinski definition) is 2. The van der Waals surface area contributed by atoms with Crippen LogP contribution in [0.4, 0.5) is 0 Å². The van der Waals surface area contributed by atoms with E-state index in [1.807, 2.05) is 0 Å². The first-order chi connectivity index (χ1) is 8.88. The lowest BCUT2D eigenvalue weighted by molar-refractivity contribution is -0.146. The highest BCUT2D eigenvalue weighted by atomic mass is 16.4. The molecule has 1 aliphatic heterocycles. The molecule has 3 nitrogen and oxygen atoms in total. The van der Waals surface area contributed by atoms with Crippen LogP contribution in [0.3, 0.4) is 0 Å². The molecule has 1 aliphatic rings. The minimum absolute atomic E-state index is 0.577. The number of carboxylic acid groups (broad SMARTS) is 1. The van der Waals surface area contributed by atoms with Gasteiger partial charge in [-0.1, -0.05) is 24.3 Å². The molecule has 1 aromatic rings. The van der Waals surface area contributed by atoms with E-state index in [4.69, 9.17) is 5.11 Å². The lowest BCUT2D eigenvalue weighted by Gasteiger charge is -2.19. The largest absolute Gasteiger partial charge is 0.481 e. The van der Waals surface area contributed by atoms with Crippen LogP contribution in [0.1, 0.15) is 37.3 Å². The normalized spacial score (nSPS) is 20.7. The Hall–Kier alpha value is -1.35. The van der Waals surface area contributed by atoms with Crippen molar-refractivity contribution in [2.45, 2.75) is 32.6 Å². The molecule has 0 radical (unpaired) electrons. The second kappa shape index (κ2) is 5.33. The third kappa shape index (κ3) is 3.35. The second-order valence-electron chi connectivity index (χ2n) is 6.36. The number of benzene rings is 1. The zero-order valence-electron chi connectivity index (χ0n) is 12.0. The maximum atomic E-state index is 11.1. The van der Waals surface area contributed by atoms with Crippen LogP contribution >= 0.6 is 0 Å². The molecule has 0 spiro atoms. The van der Waals surface area contributed by atoms with Crippen LogP contribution in [-0.4, -0.2) is 36.1 Å². The molecular formula is C16H23NO2. The van der Waals surface area contributed by atoms with E-state index < -0.39 is 11.4 Å². The van der Waals surface area contributed by atoms with Crippen molar-refractivity contribution >= 4 is 5.97 Å². The summed E-state index contributed by atoms with van der Waals surface area (Å²) in [5, 5.41) is 9.15. The van der Waals surface area contributed by atoms with Gasteiger partial charge in [0.05, 0.1) is 5.41 Å². The average molecular weight is 261 g/mol. The highest BCUT2D eigenvalue weighted by molar-refractivity contribution is 5.74. The summed E-state index contributed by atoms with van der Waals surface area (Å²) >= 11 is 0. The molecule has 1 N–H and O–H groups in total. The Balaban J connectivity index is 2.04. The summed E-state index contributed by atoms with van der Waals surface area (Å²) < 4.78 is 0. The number of likely N-dealkylation sites (tertiary alicyclic amines) is 1. The van der Waals surface area contributed by atoms with Gasteiger partial charge in [0, 0.05) is 6.54 Å². The van der Waals surface area contributed by atoms with Gasteiger partial charge in [-0.05, 0) is 57.3 Å². The van der Waals surface area contributed by atoms with E-state index in [0.29, 0.717) is 12.3 Å². The van der Waals surface area contributed by atoms with E-state index in [9.17, 15) is 4.79 Å². The minimum Gasteiger partial charge on any atom is -0.481 e. The molecule has 0 aliphatic carbocycles. The molecule has 0 bridgehead atoms. The SMILES string of the molecule is CN1CCC(c2ccc(CC(C)(C)C(=O)O)cc2)C1. The Labute approximate surface area is 115 Å². The predicted octanol–water partition coefficient (Wildman–Crippen LogP) is 2.76. The van der Waals surface area contributed by atoms with E-state index in [1.54, 1.807) is 13.8 Å². The molecule has 0 aromatic heterocycles. The van der Waals surface area contributed by atoms with Crippen molar-refractivity contribution in [3.63, 3.8) is 0 Å². The molecule has 1 aromatic carbocycles. The van der Waals surface area contributed by atoms with Crippen molar-refractivity contribution in [1.29, 1.82) is 0 Å². The predicted molar refractivity (Wildman–Crippen MR) is 76.4 cm³/mol. The van der Waals surface area contributed by atoms with Crippen LogP contribution in [0.5, 0.6) is 0 Å². The van der Waals surface area contributed by atoms with Gasteiger partial charge >= 0.3 is 5.97 Å². The Morgan fingerprint density at radius 1 is 1.37 bits per heavy atom. The Bertz CT molecular complexity index is 450. The van der Waals surface area contributed by atoms with Crippen molar-refractivity contribution in [3.05, 3.63) is 35.4 Å². The number of aliphatic carboxylic acids is 1. The number of carboxylic acids is 1. The highest BCUT2D eigenvalue weighted by Gasteiger charge is 2.27. The summed E-state index contributed by atoms with van der Waals surface area (Å²) in [6, 6.07) is 8.49. The molecule has 1 saturated heterocycles. The van der Waals surface area contributed by atoms with Gasteiger partial charge in [0.2, 0.25) is 0 Å². The zero-order valence-corrected chi connectivity index (χ0v) is 12.0. The van der Waals surface area contributed by atoms with E-state index >= 15 is 0 Å². The standard InChI is InChI=1S/C16H23NO2/c1-16(2,15(18)19)10-12-4-6-13(7-5-12)14-8-9-17(3)11-14/h4-7,14H,8-11H2,1-3H3,(H,18,19). The third-order valence-electron chi connectivity index (χ3n) is 4.07. The topological polar surface area (TPSA) is 40.5 Å². The number of hydrogen-bond donors (Lipinski definition) is 1. The van der Waals surface area contributed by atoms with Crippen molar-refractivity contribution < 1.29 is 9.90 Å². The summed E-state index contributed by atoms with van der Waals surface area (Å²) in [5.41, 5.74) is 1.78. The minimum atomic E-state index is -0.742. The molecule has 1 heterocycles. The van der Waals surface area contributed by atoms with Gasteiger partial charge in [0.1, 0.15) is 0 Å². The number of rotatable bonds is 4. The molecule has 3 heteroatoms. The molecule has 2 rings (SSSR count). The van der Waals surface area contributed by atoms with Crippen LogP contribution in [0, 0.1) is 5.41 Å². The van der Waals surface area contributed by atoms with Crippen LogP contribution in [0.25, 0.3) is 0 Å². The first kappa shape index (κ1) is 14.1. The summed E-state index contributed by atoms with van der Waals surface area (Å²) in [7, 11) is 2.16. The van der Waals surface area contributed by atoms with Gasteiger partial charge < -0.3 is 10.0 Å². The third-order valence-corrected chi connectivity index (χ3v) is 4.07. The van der Waals surface area contributed by atoms with Crippen molar-refractivity contribution in [1.82, 2.24) is 4.90 Å². The quantitative estimate of drug-likeness (QED) is 0.906. The van der Waals surface area contributed by atoms with Crippen molar-refractivity contribution in [2.24, 2.45) is 5.41 Å². The van der Waals surface area contributed by atoms with Crippen LogP contribution in [0.15, 0.2) is 24.3 Å². The number of nitrogens with zero attached hydrogens (tertiary/aromatic N) is 1. The molecule has 0 amide bonds.